The van der Waals surface area contributed by atoms with Crippen molar-refractivity contribution in [3.8, 4) is 0 Å². The van der Waals surface area contributed by atoms with Crippen molar-refractivity contribution in [1.29, 1.82) is 0 Å². The van der Waals surface area contributed by atoms with Crippen molar-refractivity contribution in [3.63, 3.8) is 0 Å². The number of nitrogens with zero attached hydrogens (tertiary/aromatic N) is 1. The van der Waals surface area contributed by atoms with E-state index in [1.165, 1.54) is 19.3 Å². The second-order valence-electron chi connectivity index (χ2n) is 4.76. The minimum Gasteiger partial charge on any atom is -0.312 e. The van der Waals surface area contributed by atoms with Crippen LogP contribution >= 0.6 is 0 Å². The Morgan fingerprint density at radius 3 is 2.50 bits per heavy atom. The molecule has 0 amide bonds. The molecule has 0 spiro atoms. The number of amidine groups is 1. The third kappa shape index (κ3) is 1.61. The van der Waals surface area contributed by atoms with Gasteiger partial charge < -0.3 is 5.43 Å². The first-order valence-corrected chi connectivity index (χ1v) is 6.00. The standard InChI is InChI=1S/C13H17N3/c14-16-13(12-10-7-4-8-11(10)12)15-9-5-2-1-3-6-9/h1-3,5-6,10-12H,4,7-8,14H2,(H,15,16). The highest BCUT2D eigenvalue weighted by atomic mass is 15.3. The summed E-state index contributed by atoms with van der Waals surface area (Å²) in [6, 6.07) is 10.0. The van der Waals surface area contributed by atoms with Gasteiger partial charge in [0, 0.05) is 5.92 Å². The van der Waals surface area contributed by atoms with E-state index in [9.17, 15) is 0 Å². The molecule has 3 heteroatoms. The fraction of sp³-hybridized carbons (Fsp3) is 0.462. The lowest BCUT2D eigenvalue weighted by Crippen LogP contribution is -2.32. The molecule has 1 aromatic rings. The molecule has 0 heterocycles. The van der Waals surface area contributed by atoms with E-state index in [0.717, 1.165) is 23.4 Å². The predicted molar refractivity (Wildman–Crippen MR) is 65.2 cm³/mol. The summed E-state index contributed by atoms with van der Waals surface area (Å²) < 4.78 is 0. The number of benzene rings is 1. The van der Waals surface area contributed by atoms with E-state index in [0.29, 0.717) is 5.92 Å². The number of hydrogen-bond acceptors (Lipinski definition) is 2. The molecule has 2 fully saturated rings. The van der Waals surface area contributed by atoms with Gasteiger partial charge in [-0.1, -0.05) is 24.6 Å². The average Bonchev–Trinajstić information content (AvgIpc) is 2.81. The molecular weight excluding hydrogens is 198 g/mol. The number of rotatable bonds is 2. The monoisotopic (exact) mass is 215 g/mol. The molecule has 3 nitrogen and oxygen atoms in total. The molecule has 1 aromatic carbocycles. The summed E-state index contributed by atoms with van der Waals surface area (Å²) in [5.74, 6) is 8.84. The average molecular weight is 215 g/mol. The Morgan fingerprint density at radius 2 is 1.88 bits per heavy atom. The van der Waals surface area contributed by atoms with Gasteiger partial charge in [0.15, 0.2) is 0 Å². The van der Waals surface area contributed by atoms with Gasteiger partial charge in [-0.15, -0.1) is 0 Å². The molecule has 0 aromatic heterocycles. The maximum atomic E-state index is 5.58. The fourth-order valence-electron chi connectivity index (χ4n) is 3.07. The quantitative estimate of drug-likeness (QED) is 0.344. The van der Waals surface area contributed by atoms with Gasteiger partial charge in [0.25, 0.3) is 0 Å². The highest BCUT2D eigenvalue weighted by molar-refractivity contribution is 5.89. The first-order valence-electron chi connectivity index (χ1n) is 6.00. The highest BCUT2D eigenvalue weighted by Crippen LogP contribution is 2.57. The SMILES string of the molecule is NNC(=Nc1ccccc1)C1C2CCCC21. The van der Waals surface area contributed by atoms with Crippen molar-refractivity contribution in [1.82, 2.24) is 5.43 Å². The fourth-order valence-corrected chi connectivity index (χ4v) is 3.07. The zero-order chi connectivity index (χ0) is 11.0. The molecule has 0 aliphatic heterocycles. The molecule has 3 N–H and O–H groups in total. The molecule has 3 rings (SSSR count). The summed E-state index contributed by atoms with van der Waals surface area (Å²) in [5, 5.41) is 0. The van der Waals surface area contributed by atoms with Gasteiger partial charge in [0.05, 0.1) is 5.69 Å². The third-order valence-corrected chi connectivity index (χ3v) is 3.88. The van der Waals surface area contributed by atoms with Gasteiger partial charge in [0.1, 0.15) is 5.84 Å². The maximum absolute atomic E-state index is 5.58. The maximum Gasteiger partial charge on any atom is 0.120 e. The van der Waals surface area contributed by atoms with E-state index in [1.54, 1.807) is 0 Å². The molecule has 2 saturated carbocycles. The molecule has 0 bridgehead atoms. The van der Waals surface area contributed by atoms with Crippen LogP contribution in [0.4, 0.5) is 5.69 Å². The summed E-state index contributed by atoms with van der Waals surface area (Å²) in [4.78, 5) is 4.60. The zero-order valence-electron chi connectivity index (χ0n) is 9.26. The first-order chi connectivity index (χ1) is 7.90. The van der Waals surface area contributed by atoms with Crippen LogP contribution in [0.25, 0.3) is 0 Å². The Morgan fingerprint density at radius 1 is 1.19 bits per heavy atom. The van der Waals surface area contributed by atoms with E-state index < -0.39 is 0 Å². The molecule has 2 unspecified atom stereocenters. The second-order valence-corrected chi connectivity index (χ2v) is 4.76. The van der Waals surface area contributed by atoms with Crippen LogP contribution in [-0.4, -0.2) is 5.84 Å². The van der Waals surface area contributed by atoms with E-state index in [-0.39, 0.29) is 0 Å². The van der Waals surface area contributed by atoms with Crippen molar-refractivity contribution < 1.29 is 0 Å². The molecule has 16 heavy (non-hydrogen) atoms. The molecule has 0 radical (unpaired) electrons. The lowest BCUT2D eigenvalue weighted by Gasteiger charge is -2.07. The van der Waals surface area contributed by atoms with E-state index in [4.69, 9.17) is 5.84 Å². The van der Waals surface area contributed by atoms with Crippen LogP contribution in [-0.2, 0) is 0 Å². The van der Waals surface area contributed by atoms with Crippen molar-refractivity contribution in [2.24, 2.45) is 28.6 Å². The van der Waals surface area contributed by atoms with Crippen LogP contribution < -0.4 is 11.3 Å². The smallest absolute Gasteiger partial charge is 0.120 e. The summed E-state index contributed by atoms with van der Waals surface area (Å²) in [5.41, 5.74) is 3.78. The van der Waals surface area contributed by atoms with Crippen LogP contribution in [0.15, 0.2) is 35.3 Å². The van der Waals surface area contributed by atoms with Crippen molar-refractivity contribution in [2.75, 3.05) is 0 Å². The van der Waals surface area contributed by atoms with Crippen LogP contribution in [0.5, 0.6) is 0 Å². The first kappa shape index (κ1) is 9.85. The number of para-hydroxylation sites is 1. The number of hydrogen-bond donors (Lipinski definition) is 2. The number of nitrogens with one attached hydrogen (secondary N) is 1. The van der Waals surface area contributed by atoms with E-state index >= 15 is 0 Å². The Labute approximate surface area is 95.7 Å². The minimum absolute atomic E-state index is 0.596. The molecule has 2 aliphatic carbocycles. The largest absolute Gasteiger partial charge is 0.312 e. The predicted octanol–water partition coefficient (Wildman–Crippen LogP) is 2.23. The second kappa shape index (κ2) is 3.91. The van der Waals surface area contributed by atoms with Gasteiger partial charge in [-0.05, 0) is 36.8 Å². The Hall–Kier alpha value is -1.35. The van der Waals surface area contributed by atoms with Crippen molar-refractivity contribution in [2.45, 2.75) is 19.3 Å². The topological polar surface area (TPSA) is 50.4 Å². The van der Waals surface area contributed by atoms with Crippen LogP contribution in [0.1, 0.15) is 19.3 Å². The Kier molecular flexibility index (Phi) is 2.40. The zero-order valence-corrected chi connectivity index (χ0v) is 9.26. The number of fused-ring (bicyclic) bond motifs is 1. The molecule has 2 aliphatic rings. The third-order valence-electron chi connectivity index (χ3n) is 3.88. The molecular formula is C13H17N3. The van der Waals surface area contributed by atoms with E-state index in [2.05, 4.69) is 10.4 Å². The molecule has 84 valence electrons. The molecule has 0 saturated heterocycles. The number of aliphatic imine (C=N–C) groups is 1. The van der Waals surface area contributed by atoms with Gasteiger partial charge in [-0.2, -0.15) is 0 Å². The number of hydrazine groups is 1. The number of nitrogens with two attached hydrogens (primary N) is 1. The summed E-state index contributed by atoms with van der Waals surface area (Å²) in [6.45, 7) is 0. The Balaban J connectivity index is 1.79. The summed E-state index contributed by atoms with van der Waals surface area (Å²) >= 11 is 0. The Bertz CT molecular complexity index is 389. The normalized spacial score (nSPS) is 32.3. The highest BCUT2D eigenvalue weighted by Gasteiger charge is 2.55. The van der Waals surface area contributed by atoms with Crippen LogP contribution in [0, 0.1) is 17.8 Å². The van der Waals surface area contributed by atoms with Gasteiger partial charge >= 0.3 is 0 Å². The van der Waals surface area contributed by atoms with Crippen LogP contribution in [0.2, 0.25) is 0 Å². The molecule has 2 atom stereocenters. The van der Waals surface area contributed by atoms with Gasteiger partial charge in [0.2, 0.25) is 0 Å². The summed E-state index contributed by atoms with van der Waals surface area (Å²) in [6.07, 6.45) is 4.09. The van der Waals surface area contributed by atoms with Gasteiger partial charge in [-0.3, -0.25) is 0 Å². The van der Waals surface area contributed by atoms with Gasteiger partial charge in [-0.25, -0.2) is 10.8 Å². The summed E-state index contributed by atoms with van der Waals surface area (Å²) in [7, 11) is 0. The van der Waals surface area contributed by atoms with Crippen molar-refractivity contribution in [3.05, 3.63) is 30.3 Å². The van der Waals surface area contributed by atoms with Crippen LogP contribution in [0.3, 0.4) is 0 Å². The minimum atomic E-state index is 0.596. The van der Waals surface area contributed by atoms with E-state index in [1.807, 2.05) is 30.3 Å². The lowest BCUT2D eigenvalue weighted by atomic mass is 10.1. The van der Waals surface area contributed by atoms with Crippen molar-refractivity contribution >= 4 is 11.5 Å². The lowest BCUT2D eigenvalue weighted by molar-refractivity contribution is 0.670.